The van der Waals surface area contributed by atoms with Gasteiger partial charge in [-0.05, 0) is 56.2 Å². The van der Waals surface area contributed by atoms with Crippen LogP contribution in [-0.2, 0) is 16.0 Å². The van der Waals surface area contributed by atoms with E-state index in [4.69, 9.17) is 21.1 Å². The zero-order valence-electron chi connectivity index (χ0n) is 20.5. The lowest BCUT2D eigenvalue weighted by Crippen LogP contribution is -2.42. The molecule has 3 rings (SSSR count). The highest BCUT2D eigenvalue weighted by Crippen LogP contribution is 2.29. The lowest BCUT2D eigenvalue weighted by atomic mass is 10.00. The van der Waals surface area contributed by atoms with Gasteiger partial charge in [0, 0.05) is 12.0 Å². The lowest BCUT2D eigenvalue weighted by molar-refractivity contribution is -0.139. The molecular formula is C28H28ClNO6. The zero-order valence-corrected chi connectivity index (χ0v) is 21.3. The third kappa shape index (κ3) is 6.86. The maximum atomic E-state index is 12.8. The zero-order chi connectivity index (χ0) is 26.5. The predicted octanol–water partition coefficient (Wildman–Crippen LogP) is 5.40. The second-order valence-corrected chi connectivity index (χ2v) is 9.57. The Morgan fingerprint density at radius 3 is 2.25 bits per heavy atom. The van der Waals surface area contributed by atoms with Gasteiger partial charge in [-0.2, -0.15) is 0 Å². The molecule has 3 aromatic rings. The molecule has 1 amide bonds. The fraction of sp³-hybridized carbons (Fsp3) is 0.250. The van der Waals surface area contributed by atoms with Crippen LogP contribution in [-0.4, -0.2) is 41.7 Å². The highest BCUT2D eigenvalue weighted by molar-refractivity contribution is 6.34. The number of hydrogen-bond acceptors (Lipinski definition) is 5. The molecule has 36 heavy (non-hydrogen) atoms. The van der Waals surface area contributed by atoms with Crippen molar-refractivity contribution in [3.63, 3.8) is 0 Å². The maximum absolute atomic E-state index is 12.8. The van der Waals surface area contributed by atoms with E-state index in [-0.39, 0.29) is 22.6 Å². The Morgan fingerprint density at radius 1 is 1.00 bits per heavy atom. The van der Waals surface area contributed by atoms with Gasteiger partial charge in [0.25, 0.3) is 5.91 Å². The van der Waals surface area contributed by atoms with E-state index in [1.54, 1.807) is 27.9 Å². The average Bonchev–Trinajstić information content (AvgIpc) is 2.82. The van der Waals surface area contributed by atoms with Crippen molar-refractivity contribution in [3.8, 4) is 16.9 Å². The number of esters is 1. The first kappa shape index (κ1) is 26.8. The minimum atomic E-state index is -1.18. The average molecular weight is 510 g/mol. The standard InChI is InChI=1S/C28H28ClNO6/c1-28(2,3)36-27(34)19-13-14-21(22(29)16-19)25(31)30-23(26(32)33)15-17-9-11-18(12-10-17)20-7-5-6-8-24(20)35-4/h5-14,16,23H,15H2,1-4H3,(H,30,31)(H,32,33)/t23-/m0/s1. The van der Waals surface area contributed by atoms with Crippen LogP contribution in [0.15, 0.2) is 66.7 Å². The summed E-state index contributed by atoms with van der Waals surface area (Å²) in [5, 5.41) is 12.2. The predicted molar refractivity (Wildman–Crippen MR) is 138 cm³/mol. The molecule has 3 aromatic carbocycles. The summed E-state index contributed by atoms with van der Waals surface area (Å²) in [7, 11) is 1.60. The molecule has 2 N–H and O–H groups in total. The van der Waals surface area contributed by atoms with Crippen LogP contribution in [0.1, 0.15) is 47.1 Å². The molecule has 0 aromatic heterocycles. The molecule has 0 saturated carbocycles. The highest BCUT2D eigenvalue weighted by atomic mass is 35.5. The Hall–Kier alpha value is -3.84. The summed E-state index contributed by atoms with van der Waals surface area (Å²) < 4.78 is 10.7. The van der Waals surface area contributed by atoms with Crippen molar-refractivity contribution >= 4 is 29.4 Å². The number of carboxylic acid groups (broad SMARTS) is 1. The van der Waals surface area contributed by atoms with Crippen LogP contribution in [0.5, 0.6) is 5.75 Å². The number of para-hydroxylation sites is 1. The van der Waals surface area contributed by atoms with E-state index in [0.717, 1.165) is 22.4 Å². The Balaban J connectivity index is 1.72. The number of hydrogen-bond donors (Lipinski definition) is 2. The summed E-state index contributed by atoms with van der Waals surface area (Å²) in [5.74, 6) is -1.68. The molecule has 0 aliphatic heterocycles. The summed E-state index contributed by atoms with van der Waals surface area (Å²) in [6, 6.07) is 17.9. The number of carbonyl (C=O) groups is 3. The number of amides is 1. The molecular weight excluding hydrogens is 482 g/mol. The van der Waals surface area contributed by atoms with Crippen molar-refractivity contribution in [2.45, 2.75) is 38.8 Å². The molecule has 0 spiro atoms. The second kappa shape index (κ2) is 11.3. The summed E-state index contributed by atoms with van der Waals surface area (Å²) in [5.41, 5.74) is 2.13. The van der Waals surface area contributed by atoms with Gasteiger partial charge in [-0.15, -0.1) is 0 Å². The van der Waals surface area contributed by atoms with Crippen LogP contribution in [0, 0.1) is 0 Å². The molecule has 0 unspecified atom stereocenters. The van der Waals surface area contributed by atoms with Gasteiger partial charge < -0.3 is 19.9 Å². The molecule has 0 aliphatic rings. The summed E-state index contributed by atoms with van der Waals surface area (Å²) >= 11 is 6.24. The Morgan fingerprint density at radius 2 is 1.67 bits per heavy atom. The Bertz CT molecular complexity index is 1260. The summed E-state index contributed by atoms with van der Waals surface area (Å²) in [4.78, 5) is 36.9. The van der Waals surface area contributed by atoms with Crippen molar-refractivity contribution < 1.29 is 29.0 Å². The molecule has 0 radical (unpaired) electrons. The number of halogens is 1. The molecule has 7 nitrogen and oxygen atoms in total. The van der Waals surface area contributed by atoms with Gasteiger partial charge in [0.15, 0.2) is 0 Å². The number of nitrogens with one attached hydrogen (secondary N) is 1. The van der Waals surface area contributed by atoms with Gasteiger partial charge in [0.1, 0.15) is 17.4 Å². The van der Waals surface area contributed by atoms with E-state index in [1.807, 2.05) is 48.5 Å². The van der Waals surface area contributed by atoms with Crippen molar-refractivity contribution in [2.24, 2.45) is 0 Å². The van der Waals surface area contributed by atoms with Gasteiger partial charge in [-0.25, -0.2) is 9.59 Å². The maximum Gasteiger partial charge on any atom is 0.338 e. The van der Waals surface area contributed by atoms with E-state index >= 15 is 0 Å². The fourth-order valence-electron chi connectivity index (χ4n) is 3.54. The van der Waals surface area contributed by atoms with E-state index in [0.29, 0.717) is 0 Å². The van der Waals surface area contributed by atoms with Gasteiger partial charge in [-0.3, -0.25) is 4.79 Å². The van der Waals surface area contributed by atoms with Gasteiger partial charge in [0.2, 0.25) is 0 Å². The number of benzene rings is 3. The SMILES string of the molecule is COc1ccccc1-c1ccc(C[C@H](NC(=O)c2ccc(C(=O)OC(C)(C)C)cc2Cl)C(=O)O)cc1. The van der Waals surface area contributed by atoms with E-state index in [1.165, 1.54) is 18.2 Å². The van der Waals surface area contributed by atoms with Crippen molar-refractivity contribution in [1.82, 2.24) is 5.32 Å². The van der Waals surface area contributed by atoms with Crippen molar-refractivity contribution in [2.75, 3.05) is 7.11 Å². The topological polar surface area (TPSA) is 102 Å². The number of aliphatic carboxylic acids is 1. The van der Waals surface area contributed by atoms with Crippen LogP contribution in [0.2, 0.25) is 5.02 Å². The minimum Gasteiger partial charge on any atom is -0.496 e. The normalized spacial score (nSPS) is 11.9. The van der Waals surface area contributed by atoms with E-state index in [2.05, 4.69) is 5.32 Å². The van der Waals surface area contributed by atoms with Crippen LogP contribution in [0.4, 0.5) is 0 Å². The first-order chi connectivity index (χ1) is 17.0. The van der Waals surface area contributed by atoms with Crippen LogP contribution in [0.25, 0.3) is 11.1 Å². The van der Waals surface area contributed by atoms with Gasteiger partial charge >= 0.3 is 11.9 Å². The first-order valence-corrected chi connectivity index (χ1v) is 11.6. The van der Waals surface area contributed by atoms with Gasteiger partial charge in [0.05, 0.1) is 23.3 Å². The monoisotopic (exact) mass is 509 g/mol. The summed E-state index contributed by atoms with van der Waals surface area (Å²) in [6.45, 7) is 5.23. The van der Waals surface area contributed by atoms with E-state index < -0.39 is 29.5 Å². The molecule has 8 heteroatoms. The quantitative estimate of drug-likeness (QED) is 0.394. The van der Waals surface area contributed by atoms with Crippen molar-refractivity contribution in [1.29, 1.82) is 0 Å². The highest BCUT2D eigenvalue weighted by Gasteiger charge is 2.24. The Kier molecular flexibility index (Phi) is 8.37. The number of ether oxygens (including phenoxy) is 2. The molecule has 188 valence electrons. The second-order valence-electron chi connectivity index (χ2n) is 9.16. The molecule has 0 bridgehead atoms. The molecule has 1 atom stereocenters. The smallest absolute Gasteiger partial charge is 0.338 e. The number of carbonyl (C=O) groups excluding carboxylic acids is 2. The third-order valence-electron chi connectivity index (χ3n) is 5.26. The van der Waals surface area contributed by atoms with E-state index in [9.17, 15) is 19.5 Å². The number of carboxylic acids is 1. The summed E-state index contributed by atoms with van der Waals surface area (Å²) in [6.07, 6.45) is 0.0703. The van der Waals surface area contributed by atoms with Crippen LogP contribution in [0.3, 0.4) is 0 Å². The van der Waals surface area contributed by atoms with Gasteiger partial charge in [-0.1, -0.05) is 54.1 Å². The number of methoxy groups -OCH3 is 1. The molecule has 0 heterocycles. The van der Waals surface area contributed by atoms with Crippen LogP contribution >= 0.6 is 11.6 Å². The Labute approximate surface area is 215 Å². The fourth-order valence-corrected chi connectivity index (χ4v) is 3.80. The van der Waals surface area contributed by atoms with Crippen molar-refractivity contribution in [3.05, 3.63) is 88.4 Å². The third-order valence-corrected chi connectivity index (χ3v) is 5.58. The largest absolute Gasteiger partial charge is 0.496 e. The molecule has 0 fully saturated rings. The lowest BCUT2D eigenvalue weighted by Gasteiger charge is -2.20. The first-order valence-electron chi connectivity index (χ1n) is 11.3. The minimum absolute atomic E-state index is 0.0150. The molecule has 0 saturated heterocycles. The number of rotatable bonds is 8. The molecule has 0 aliphatic carbocycles. The van der Waals surface area contributed by atoms with Crippen LogP contribution < -0.4 is 10.1 Å².